The van der Waals surface area contributed by atoms with Gasteiger partial charge in [0.1, 0.15) is 18.2 Å². The number of pyridine rings is 3. The van der Waals surface area contributed by atoms with Crippen molar-refractivity contribution in [3.8, 4) is 11.4 Å². The highest BCUT2D eigenvalue weighted by molar-refractivity contribution is 5.45. The van der Waals surface area contributed by atoms with Crippen molar-refractivity contribution in [1.82, 2.24) is 19.4 Å². The molecule has 2 aliphatic heterocycles. The van der Waals surface area contributed by atoms with E-state index in [2.05, 4.69) is 39.8 Å². The number of nitrogens with zero attached hydrogens (tertiary/aromatic N) is 5. The molecule has 7 heteroatoms. The van der Waals surface area contributed by atoms with E-state index >= 15 is 0 Å². The summed E-state index contributed by atoms with van der Waals surface area (Å²) < 4.78 is 7.37. The lowest BCUT2D eigenvalue weighted by atomic mass is 9.93. The summed E-state index contributed by atoms with van der Waals surface area (Å²) >= 11 is 0. The molecular formula is C26H31N5O2. The van der Waals surface area contributed by atoms with Crippen LogP contribution in [0.1, 0.15) is 31.0 Å². The Morgan fingerprint density at radius 1 is 1.09 bits per heavy atom. The van der Waals surface area contributed by atoms with Gasteiger partial charge in [0.05, 0.1) is 17.6 Å². The third kappa shape index (κ3) is 4.64. The second-order valence-corrected chi connectivity index (χ2v) is 9.10. The maximum Gasteiger partial charge on any atom is 0.258 e. The first-order valence-corrected chi connectivity index (χ1v) is 11.8. The van der Waals surface area contributed by atoms with Crippen molar-refractivity contribution in [1.29, 1.82) is 0 Å². The third-order valence-electron chi connectivity index (χ3n) is 6.96. The minimum absolute atomic E-state index is 0.148. The van der Waals surface area contributed by atoms with Crippen LogP contribution >= 0.6 is 0 Å². The van der Waals surface area contributed by atoms with Gasteiger partial charge >= 0.3 is 0 Å². The summed E-state index contributed by atoms with van der Waals surface area (Å²) in [7, 11) is 2.23. The van der Waals surface area contributed by atoms with Crippen LogP contribution in [-0.4, -0.2) is 52.2 Å². The summed E-state index contributed by atoms with van der Waals surface area (Å²) in [4.78, 5) is 26.7. The van der Waals surface area contributed by atoms with Crippen molar-refractivity contribution in [2.75, 3.05) is 31.6 Å². The van der Waals surface area contributed by atoms with Crippen LogP contribution in [0.4, 0.5) is 5.82 Å². The van der Waals surface area contributed by atoms with Crippen molar-refractivity contribution in [2.24, 2.45) is 5.92 Å². The fourth-order valence-electron chi connectivity index (χ4n) is 4.97. The van der Waals surface area contributed by atoms with Gasteiger partial charge in [-0.2, -0.15) is 0 Å². The molecular weight excluding hydrogens is 414 g/mol. The monoisotopic (exact) mass is 445 g/mol. The molecule has 0 aliphatic carbocycles. The van der Waals surface area contributed by atoms with Crippen LogP contribution < -0.4 is 15.2 Å². The SMILES string of the molecule is CCc1ccc(COc2ccn(-c3ccc(N4CC5CCCN(C)C5C4)nc3)c(=O)c2)nc1. The fraction of sp³-hybridized carbons (Fsp3) is 0.423. The van der Waals surface area contributed by atoms with Gasteiger partial charge in [0.2, 0.25) is 0 Å². The average Bonchev–Trinajstić information content (AvgIpc) is 3.29. The molecule has 2 fully saturated rings. The molecule has 0 N–H and O–H groups in total. The highest BCUT2D eigenvalue weighted by Gasteiger charge is 2.37. The Balaban J connectivity index is 1.24. The Bertz CT molecular complexity index is 1140. The molecule has 3 aromatic rings. The van der Waals surface area contributed by atoms with Crippen LogP contribution in [0, 0.1) is 5.92 Å². The van der Waals surface area contributed by atoms with E-state index < -0.39 is 0 Å². The van der Waals surface area contributed by atoms with Gasteiger partial charge in [0, 0.05) is 37.6 Å². The zero-order chi connectivity index (χ0) is 22.8. The van der Waals surface area contributed by atoms with Gasteiger partial charge < -0.3 is 14.5 Å². The van der Waals surface area contributed by atoms with Gasteiger partial charge in [-0.05, 0) is 68.6 Å². The summed E-state index contributed by atoms with van der Waals surface area (Å²) in [6, 6.07) is 11.9. The topological polar surface area (TPSA) is 63.5 Å². The minimum atomic E-state index is -0.148. The first kappa shape index (κ1) is 21.6. The van der Waals surface area contributed by atoms with Crippen molar-refractivity contribution in [3.05, 3.63) is 76.6 Å². The smallest absolute Gasteiger partial charge is 0.258 e. The molecule has 2 aliphatic rings. The number of aryl methyl sites for hydroxylation is 1. The van der Waals surface area contributed by atoms with E-state index in [0.29, 0.717) is 18.4 Å². The Hall–Kier alpha value is -3.19. The number of anilines is 1. The van der Waals surface area contributed by atoms with Gasteiger partial charge in [0.25, 0.3) is 5.56 Å². The van der Waals surface area contributed by atoms with Crippen LogP contribution in [0.25, 0.3) is 5.69 Å². The van der Waals surface area contributed by atoms with Gasteiger partial charge in [-0.1, -0.05) is 13.0 Å². The van der Waals surface area contributed by atoms with E-state index in [1.54, 1.807) is 23.0 Å². The lowest BCUT2D eigenvalue weighted by Crippen LogP contribution is -2.42. The molecule has 0 amide bonds. The summed E-state index contributed by atoms with van der Waals surface area (Å²) in [6.45, 7) is 5.70. The van der Waals surface area contributed by atoms with E-state index in [1.165, 1.54) is 31.0 Å². The molecule has 5 heterocycles. The zero-order valence-electron chi connectivity index (χ0n) is 19.4. The molecule has 2 atom stereocenters. The third-order valence-corrected chi connectivity index (χ3v) is 6.96. The van der Waals surface area contributed by atoms with Crippen LogP contribution in [0.2, 0.25) is 0 Å². The summed E-state index contributed by atoms with van der Waals surface area (Å²) in [5.41, 5.74) is 2.63. The highest BCUT2D eigenvalue weighted by Crippen LogP contribution is 2.31. The van der Waals surface area contributed by atoms with Gasteiger partial charge in [-0.25, -0.2) is 4.98 Å². The summed E-state index contributed by atoms with van der Waals surface area (Å²) in [5.74, 6) is 2.24. The number of ether oxygens (including phenoxy) is 1. The van der Waals surface area contributed by atoms with E-state index in [1.807, 2.05) is 24.4 Å². The molecule has 33 heavy (non-hydrogen) atoms. The lowest BCUT2D eigenvalue weighted by Gasteiger charge is -2.33. The summed E-state index contributed by atoms with van der Waals surface area (Å²) in [5, 5.41) is 0. The second-order valence-electron chi connectivity index (χ2n) is 9.10. The van der Waals surface area contributed by atoms with E-state index in [9.17, 15) is 4.79 Å². The number of aromatic nitrogens is 3. The standard InChI is InChI=1S/C26H31N5O2/c1-3-19-6-7-21(27-14-19)18-33-23-10-12-31(26(32)13-23)22-8-9-25(28-15-22)30-16-20-5-4-11-29(2)24(20)17-30/h6-10,12-15,20,24H,3-5,11,16-18H2,1-2H3. The Morgan fingerprint density at radius 2 is 2.00 bits per heavy atom. The number of fused-ring (bicyclic) bond motifs is 1. The van der Waals surface area contributed by atoms with Gasteiger partial charge in [-0.3, -0.25) is 14.3 Å². The van der Waals surface area contributed by atoms with Gasteiger partial charge in [-0.15, -0.1) is 0 Å². The molecule has 0 bridgehead atoms. The minimum Gasteiger partial charge on any atom is -0.487 e. The summed E-state index contributed by atoms with van der Waals surface area (Å²) in [6.07, 6.45) is 8.92. The molecule has 2 saturated heterocycles. The highest BCUT2D eigenvalue weighted by atomic mass is 16.5. The quantitative estimate of drug-likeness (QED) is 0.580. The van der Waals surface area contributed by atoms with E-state index in [0.717, 1.165) is 42.6 Å². The normalized spacial score (nSPS) is 20.6. The first-order valence-electron chi connectivity index (χ1n) is 11.8. The zero-order valence-corrected chi connectivity index (χ0v) is 19.4. The molecule has 0 saturated carbocycles. The molecule has 2 unspecified atom stereocenters. The van der Waals surface area contributed by atoms with Crippen molar-refractivity contribution < 1.29 is 4.74 Å². The predicted octanol–water partition coefficient (Wildman–Crippen LogP) is 3.30. The molecule has 0 radical (unpaired) electrons. The molecule has 172 valence electrons. The number of rotatable bonds is 6. The van der Waals surface area contributed by atoms with Crippen LogP contribution in [0.5, 0.6) is 5.75 Å². The molecule has 3 aromatic heterocycles. The number of piperidine rings is 1. The van der Waals surface area contributed by atoms with Crippen LogP contribution in [0.15, 0.2) is 59.8 Å². The average molecular weight is 446 g/mol. The maximum atomic E-state index is 12.7. The lowest BCUT2D eigenvalue weighted by molar-refractivity contribution is 0.158. The number of hydrogen-bond donors (Lipinski definition) is 0. The van der Waals surface area contributed by atoms with Crippen molar-refractivity contribution in [3.63, 3.8) is 0 Å². The number of likely N-dealkylation sites (N-methyl/N-ethyl adjacent to an activating group) is 1. The van der Waals surface area contributed by atoms with E-state index in [4.69, 9.17) is 4.74 Å². The Kier molecular flexibility index (Phi) is 6.13. The fourth-order valence-corrected chi connectivity index (χ4v) is 4.97. The number of likely N-dealkylation sites (tertiary alicyclic amines) is 1. The van der Waals surface area contributed by atoms with Crippen LogP contribution in [0.3, 0.4) is 0 Å². The van der Waals surface area contributed by atoms with Gasteiger partial charge in [0.15, 0.2) is 0 Å². The van der Waals surface area contributed by atoms with Crippen molar-refractivity contribution >= 4 is 5.82 Å². The predicted molar refractivity (Wildman–Crippen MR) is 129 cm³/mol. The maximum absolute atomic E-state index is 12.7. The Morgan fingerprint density at radius 3 is 2.70 bits per heavy atom. The number of hydrogen-bond acceptors (Lipinski definition) is 6. The second kappa shape index (κ2) is 9.35. The van der Waals surface area contributed by atoms with Crippen molar-refractivity contribution in [2.45, 2.75) is 38.8 Å². The van der Waals surface area contributed by atoms with Crippen LogP contribution in [-0.2, 0) is 13.0 Å². The first-order chi connectivity index (χ1) is 16.1. The largest absolute Gasteiger partial charge is 0.487 e. The molecule has 7 nitrogen and oxygen atoms in total. The Labute approximate surface area is 194 Å². The molecule has 0 aromatic carbocycles. The van der Waals surface area contributed by atoms with E-state index in [-0.39, 0.29) is 5.56 Å². The molecule has 0 spiro atoms. The molecule has 5 rings (SSSR count).